The molecule has 3 aromatic rings. The van der Waals surface area contributed by atoms with Crippen LogP contribution in [0.2, 0.25) is 0 Å². The lowest BCUT2D eigenvalue weighted by Gasteiger charge is -2.12. The maximum absolute atomic E-state index is 12.2. The molecule has 0 atom stereocenters. The number of nitriles is 2. The summed E-state index contributed by atoms with van der Waals surface area (Å²) in [5.74, 6) is 0.912. The fraction of sp³-hybridized carbons (Fsp3) is 0.136. The molecule has 0 spiro atoms. The van der Waals surface area contributed by atoms with Crippen LogP contribution in [0.15, 0.2) is 53.8 Å². The van der Waals surface area contributed by atoms with E-state index in [1.807, 2.05) is 19.9 Å². The number of rotatable bonds is 6. The smallest absolute Gasteiger partial charge is 0.234 e. The topological polar surface area (TPSA) is 112 Å². The van der Waals surface area contributed by atoms with Crippen molar-refractivity contribution in [1.82, 2.24) is 9.97 Å². The van der Waals surface area contributed by atoms with E-state index in [1.165, 1.54) is 11.8 Å². The van der Waals surface area contributed by atoms with Gasteiger partial charge in [0.05, 0.1) is 29.0 Å². The van der Waals surface area contributed by atoms with E-state index in [0.29, 0.717) is 33.6 Å². The van der Waals surface area contributed by atoms with Crippen LogP contribution < -0.4 is 10.1 Å². The maximum atomic E-state index is 12.2. The number of nitrogens with one attached hydrogen (secondary N) is 1. The number of anilines is 1. The minimum atomic E-state index is -0.210. The third-order valence-corrected chi connectivity index (χ3v) is 4.90. The van der Waals surface area contributed by atoms with E-state index < -0.39 is 0 Å². The normalized spacial score (nSPS) is 10.0. The third kappa shape index (κ3) is 5.34. The summed E-state index contributed by atoms with van der Waals surface area (Å²) in [4.78, 5) is 20.7. The lowest BCUT2D eigenvalue weighted by atomic mass is 10.1. The predicted molar refractivity (Wildman–Crippen MR) is 113 cm³/mol. The number of aromatic nitrogens is 2. The highest BCUT2D eigenvalue weighted by molar-refractivity contribution is 7.99. The van der Waals surface area contributed by atoms with Gasteiger partial charge in [-0.1, -0.05) is 11.8 Å². The average molecular weight is 415 g/mol. The molecule has 3 rings (SSSR count). The first kappa shape index (κ1) is 20.8. The lowest BCUT2D eigenvalue weighted by molar-refractivity contribution is -0.113. The number of hydrogen-bond donors (Lipinski definition) is 1. The summed E-state index contributed by atoms with van der Waals surface area (Å²) in [6.07, 6.45) is 1.57. The zero-order chi connectivity index (χ0) is 21.5. The van der Waals surface area contributed by atoms with E-state index in [-0.39, 0.29) is 11.7 Å². The molecule has 0 fully saturated rings. The molecule has 0 radical (unpaired) electrons. The van der Waals surface area contributed by atoms with E-state index in [0.717, 1.165) is 11.1 Å². The number of amides is 1. The molecule has 1 aromatic heterocycles. The summed E-state index contributed by atoms with van der Waals surface area (Å²) >= 11 is 1.18. The quantitative estimate of drug-likeness (QED) is 0.470. The molecule has 0 aliphatic rings. The Balaban J connectivity index is 1.62. The molecule has 30 heavy (non-hydrogen) atoms. The second-order valence-corrected chi connectivity index (χ2v) is 7.30. The van der Waals surface area contributed by atoms with Gasteiger partial charge in [0.1, 0.15) is 5.75 Å². The second kappa shape index (κ2) is 9.55. The van der Waals surface area contributed by atoms with Gasteiger partial charge in [-0.2, -0.15) is 15.5 Å². The van der Waals surface area contributed by atoms with Crippen molar-refractivity contribution >= 4 is 23.4 Å². The van der Waals surface area contributed by atoms with E-state index in [4.69, 9.17) is 15.3 Å². The van der Waals surface area contributed by atoms with Crippen LogP contribution in [0.1, 0.15) is 22.3 Å². The molecule has 0 saturated carbocycles. The first-order valence-electron chi connectivity index (χ1n) is 8.93. The molecule has 148 valence electrons. The maximum Gasteiger partial charge on any atom is 0.234 e. The summed E-state index contributed by atoms with van der Waals surface area (Å²) in [6.45, 7) is 3.74. The van der Waals surface area contributed by atoms with Gasteiger partial charge in [-0.05, 0) is 61.4 Å². The molecule has 0 unspecified atom stereocenters. The standard InChI is InChI=1S/C22H17N5O2S/c1-14-9-17(12-24)10-15(2)21(14)29-20-7-8-25-22(27-20)30-13-19(28)26-18-5-3-16(11-23)4-6-18/h3-10H,13H2,1-2H3,(H,26,28). The Morgan fingerprint density at radius 3 is 2.37 bits per heavy atom. The molecule has 0 bridgehead atoms. The van der Waals surface area contributed by atoms with Crippen LogP contribution in [0.4, 0.5) is 5.69 Å². The molecular formula is C22H17N5O2S. The Labute approximate surface area is 178 Å². The zero-order valence-electron chi connectivity index (χ0n) is 16.3. The van der Waals surface area contributed by atoms with Crippen LogP contribution in [0.3, 0.4) is 0 Å². The fourth-order valence-corrected chi connectivity index (χ4v) is 3.31. The van der Waals surface area contributed by atoms with E-state index in [9.17, 15) is 4.79 Å². The van der Waals surface area contributed by atoms with E-state index >= 15 is 0 Å². The van der Waals surface area contributed by atoms with Crippen LogP contribution >= 0.6 is 11.8 Å². The van der Waals surface area contributed by atoms with Crippen LogP contribution in [0.5, 0.6) is 11.6 Å². The van der Waals surface area contributed by atoms with Gasteiger partial charge in [0, 0.05) is 18.0 Å². The minimum Gasteiger partial charge on any atom is -0.438 e. The van der Waals surface area contributed by atoms with Crippen molar-refractivity contribution in [2.75, 3.05) is 11.1 Å². The monoisotopic (exact) mass is 415 g/mol. The van der Waals surface area contributed by atoms with Gasteiger partial charge in [0.25, 0.3) is 0 Å². The first-order chi connectivity index (χ1) is 14.5. The summed E-state index contributed by atoms with van der Waals surface area (Å²) < 4.78 is 5.90. The number of thioether (sulfide) groups is 1. The fourth-order valence-electron chi connectivity index (χ4n) is 2.69. The number of aryl methyl sites for hydroxylation is 2. The van der Waals surface area contributed by atoms with Crippen molar-refractivity contribution in [3.63, 3.8) is 0 Å². The summed E-state index contributed by atoms with van der Waals surface area (Å²) in [5.41, 5.74) is 3.39. The van der Waals surface area contributed by atoms with Crippen molar-refractivity contribution in [1.29, 1.82) is 10.5 Å². The highest BCUT2D eigenvalue weighted by Gasteiger charge is 2.11. The van der Waals surface area contributed by atoms with Crippen molar-refractivity contribution < 1.29 is 9.53 Å². The number of benzene rings is 2. The van der Waals surface area contributed by atoms with Crippen molar-refractivity contribution in [2.24, 2.45) is 0 Å². The Kier molecular flexibility index (Phi) is 6.63. The molecule has 0 saturated heterocycles. The summed E-state index contributed by atoms with van der Waals surface area (Å²) in [5, 5.41) is 21.0. The van der Waals surface area contributed by atoms with Crippen molar-refractivity contribution in [3.8, 4) is 23.8 Å². The molecule has 0 aliphatic carbocycles. The molecule has 0 aliphatic heterocycles. The van der Waals surface area contributed by atoms with Crippen molar-refractivity contribution in [2.45, 2.75) is 19.0 Å². The van der Waals surface area contributed by atoms with Gasteiger partial charge >= 0.3 is 0 Å². The van der Waals surface area contributed by atoms with Crippen LogP contribution in [-0.4, -0.2) is 21.6 Å². The van der Waals surface area contributed by atoms with Crippen molar-refractivity contribution in [3.05, 3.63) is 70.9 Å². The Morgan fingerprint density at radius 2 is 1.73 bits per heavy atom. The molecule has 2 aromatic carbocycles. The summed E-state index contributed by atoms with van der Waals surface area (Å²) in [7, 11) is 0. The molecule has 7 nitrogen and oxygen atoms in total. The van der Waals surface area contributed by atoms with Gasteiger partial charge < -0.3 is 10.1 Å². The molecule has 8 heteroatoms. The average Bonchev–Trinajstić information content (AvgIpc) is 2.75. The number of carbonyl (C=O) groups excluding carboxylic acids is 1. The Bertz CT molecular complexity index is 1140. The highest BCUT2D eigenvalue weighted by atomic mass is 32.2. The van der Waals surface area contributed by atoms with Crippen LogP contribution in [0, 0.1) is 36.5 Å². The SMILES string of the molecule is Cc1cc(C#N)cc(C)c1Oc1ccnc(SCC(=O)Nc2ccc(C#N)cc2)n1. The Morgan fingerprint density at radius 1 is 1.07 bits per heavy atom. The number of hydrogen-bond acceptors (Lipinski definition) is 7. The number of carbonyl (C=O) groups is 1. The van der Waals surface area contributed by atoms with Crippen LogP contribution in [-0.2, 0) is 4.79 Å². The van der Waals surface area contributed by atoms with E-state index in [1.54, 1.807) is 48.7 Å². The lowest BCUT2D eigenvalue weighted by Crippen LogP contribution is -2.14. The third-order valence-electron chi connectivity index (χ3n) is 4.03. The highest BCUT2D eigenvalue weighted by Crippen LogP contribution is 2.29. The predicted octanol–water partition coefficient (Wildman–Crippen LogP) is 4.36. The van der Waals surface area contributed by atoms with Gasteiger partial charge in [-0.3, -0.25) is 4.79 Å². The van der Waals surface area contributed by atoms with E-state index in [2.05, 4.69) is 21.4 Å². The van der Waals surface area contributed by atoms with Gasteiger partial charge in [0.15, 0.2) is 5.16 Å². The molecule has 1 amide bonds. The van der Waals surface area contributed by atoms with Crippen LogP contribution in [0.25, 0.3) is 0 Å². The molecule has 1 N–H and O–H groups in total. The Hall–Kier alpha value is -3.88. The number of nitrogens with zero attached hydrogens (tertiary/aromatic N) is 4. The largest absolute Gasteiger partial charge is 0.438 e. The zero-order valence-corrected chi connectivity index (χ0v) is 17.2. The molecule has 1 heterocycles. The first-order valence-corrected chi connectivity index (χ1v) is 9.92. The minimum absolute atomic E-state index is 0.123. The molecular weight excluding hydrogens is 398 g/mol. The second-order valence-electron chi connectivity index (χ2n) is 6.36. The van der Waals surface area contributed by atoms with Gasteiger partial charge in [0.2, 0.25) is 11.8 Å². The van der Waals surface area contributed by atoms with Gasteiger partial charge in [-0.25, -0.2) is 4.98 Å². The summed E-state index contributed by atoms with van der Waals surface area (Å²) in [6, 6.07) is 15.9. The van der Waals surface area contributed by atoms with Gasteiger partial charge in [-0.15, -0.1) is 0 Å². The number of ether oxygens (including phenoxy) is 1.